The van der Waals surface area contributed by atoms with Crippen molar-refractivity contribution in [2.24, 2.45) is 5.73 Å². The fourth-order valence-electron chi connectivity index (χ4n) is 1.99. The molecule has 1 saturated carbocycles. The molecule has 1 fully saturated rings. The summed E-state index contributed by atoms with van der Waals surface area (Å²) in [5.41, 5.74) is 8.98. The summed E-state index contributed by atoms with van der Waals surface area (Å²) in [4.78, 5) is 4.34. The Morgan fingerprint density at radius 1 is 1.50 bits per heavy atom. The fraction of sp³-hybridized carbons (Fsp3) is 0.333. The number of nitrogens with zero attached hydrogens (tertiary/aromatic N) is 3. The van der Waals surface area contributed by atoms with Gasteiger partial charge in [-0.2, -0.15) is 5.26 Å². The van der Waals surface area contributed by atoms with Gasteiger partial charge in [0.25, 0.3) is 0 Å². The Kier molecular flexibility index (Phi) is 1.95. The molecule has 2 N–H and O–H groups in total. The standard InChI is InChI=1S/C12H12N4/c13-4-9-3-10(8-1-2-8)6-16-7-11(5-14)15-12(9)16/h3,6-8H,1-2,5,14H2. The van der Waals surface area contributed by atoms with Gasteiger partial charge < -0.3 is 10.1 Å². The third-order valence-electron chi connectivity index (χ3n) is 3.00. The monoisotopic (exact) mass is 212 g/mol. The first-order valence-electron chi connectivity index (χ1n) is 5.43. The Morgan fingerprint density at radius 3 is 2.94 bits per heavy atom. The van der Waals surface area contributed by atoms with E-state index in [0.29, 0.717) is 23.7 Å². The van der Waals surface area contributed by atoms with Gasteiger partial charge in [0.1, 0.15) is 6.07 Å². The first-order chi connectivity index (χ1) is 7.81. The summed E-state index contributed by atoms with van der Waals surface area (Å²) in [6.45, 7) is 0.408. The van der Waals surface area contributed by atoms with Crippen LogP contribution in [0.25, 0.3) is 5.65 Å². The molecule has 2 aromatic rings. The first kappa shape index (κ1) is 9.37. The number of fused-ring (bicyclic) bond motifs is 1. The Hall–Kier alpha value is -1.86. The molecule has 1 aliphatic carbocycles. The Labute approximate surface area is 93.3 Å². The van der Waals surface area contributed by atoms with E-state index in [1.54, 1.807) is 0 Å². The third kappa shape index (κ3) is 1.37. The van der Waals surface area contributed by atoms with Crippen molar-refractivity contribution in [3.05, 3.63) is 35.3 Å². The quantitative estimate of drug-likeness (QED) is 0.821. The molecule has 0 saturated heterocycles. The molecule has 3 rings (SSSR count). The molecule has 4 nitrogen and oxygen atoms in total. The van der Waals surface area contributed by atoms with Crippen LogP contribution in [-0.2, 0) is 6.54 Å². The highest BCUT2D eigenvalue weighted by molar-refractivity contribution is 5.57. The average Bonchev–Trinajstić information content (AvgIpc) is 3.07. The van der Waals surface area contributed by atoms with Gasteiger partial charge in [-0.1, -0.05) is 0 Å². The van der Waals surface area contributed by atoms with E-state index in [-0.39, 0.29) is 0 Å². The summed E-state index contributed by atoms with van der Waals surface area (Å²) in [5.74, 6) is 0.639. The molecule has 0 spiro atoms. The van der Waals surface area contributed by atoms with Crippen LogP contribution >= 0.6 is 0 Å². The number of pyridine rings is 1. The van der Waals surface area contributed by atoms with Crippen molar-refractivity contribution in [2.45, 2.75) is 25.3 Å². The van der Waals surface area contributed by atoms with Crippen LogP contribution in [0.15, 0.2) is 18.5 Å². The van der Waals surface area contributed by atoms with Crippen LogP contribution in [0.3, 0.4) is 0 Å². The Morgan fingerprint density at radius 2 is 2.31 bits per heavy atom. The molecule has 2 heterocycles. The predicted molar refractivity (Wildman–Crippen MR) is 59.8 cm³/mol. The lowest BCUT2D eigenvalue weighted by Gasteiger charge is -2.01. The van der Waals surface area contributed by atoms with Gasteiger partial charge >= 0.3 is 0 Å². The van der Waals surface area contributed by atoms with Gasteiger partial charge in [-0.3, -0.25) is 0 Å². The zero-order valence-electron chi connectivity index (χ0n) is 8.85. The maximum atomic E-state index is 9.11. The van der Waals surface area contributed by atoms with Gasteiger partial charge in [0.05, 0.1) is 11.3 Å². The van der Waals surface area contributed by atoms with E-state index in [1.165, 1.54) is 18.4 Å². The maximum Gasteiger partial charge on any atom is 0.155 e. The highest BCUT2D eigenvalue weighted by Crippen LogP contribution is 2.40. The minimum Gasteiger partial charge on any atom is -0.325 e. The van der Waals surface area contributed by atoms with Crippen LogP contribution in [0.5, 0.6) is 0 Å². The van der Waals surface area contributed by atoms with E-state index >= 15 is 0 Å². The molecular formula is C12H12N4. The molecule has 0 aliphatic heterocycles. The summed E-state index contributed by atoms with van der Waals surface area (Å²) in [6.07, 6.45) is 6.44. The van der Waals surface area contributed by atoms with Crippen LogP contribution in [0, 0.1) is 11.3 Å². The number of aromatic nitrogens is 2. The largest absolute Gasteiger partial charge is 0.325 e. The molecule has 0 atom stereocenters. The Bertz CT molecular complexity index is 587. The zero-order chi connectivity index (χ0) is 11.1. The number of rotatable bonds is 2. The smallest absolute Gasteiger partial charge is 0.155 e. The topological polar surface area (TPSA) is 67.1 Å². The number of hydrogen-bond donors (Lipinski definition) is 1. The molecule has 80 valence electrons. The second-order valence-electron chi connectivity index (χ2n) is 4.24. The van der Waals surface area contributed by atoms with Gasteiger partial charge in [-0.25, -0.2) is 4.98 Å². The molecule has 16 heavy (non-hydrogen) atoms. The van der Waals surface area contributed by atoms with E-state index in [4.69, 9.17) is 11.0 Å². The lowest BCUT2D eigenvalue weighted by Crippen LogP contribution is -1.95. The predicted octanol–water partition coefficient (Wildman–Crippen LogP) is 1.54. The lowest BCUT2D eigenvalue weighted by molar-refractivity contribution is 1.01. The zero-order valence-corrected chi connectivity index (χ0v) is 8.85. The molecule has 2 aromatic heterocycles. The first-order valence-corrected chi connectivity index (χ1v) is 5.43. The molecule has 0 amide bonds. The molecule has 0 aromatic carbocycles. The van der Waals surface area contributed by atoms with Crippen LogP contribution in [0.2, 0.25) is 0 Å². The van der Waals surface area contributed by atoms with Crippen molar-refractivity contribution < 1.29 is 0 Å². The van der Waals surface area contributed by atoms with E-state index in [0.717, 1.165) is 5.69 Å². The summed E-state index contributed by atoms with van der Waals surface area (Å²) in [7, 11) is 0. The summed E-state index contributed by atoms with van der Waals surface area (Å²) >= 11 is 0. The molecule has 0 radical (unpaired) electrons. The molecule has 0 unspecified atom stereocenters. The summed E-state index contributed by atoms with van der Waals surface area (Å²) in [6, 6.07) is 4.16. The maximum absolute atomic E-state index is 9.11. The normalized spacial score (nSPS) is 15.2. The highest BCUT2D eigenvalue weighted by Gasteiger charge is 2.25. The van der Waals surface area contributed by atoms with E-state index < -0.39 is 0 Å². The average molecular weight is 212 g/mol. The van der Waals surface area contributed by atoms with Crippen molar-refractivity contribution in [1.29, 1.82) is 5.26 Å². The van der Waals surface area contributed by atoms with Crippen molar-refractivity contribution in [3.8, 4) is 6.07 Å². The number of hydrogen-bond acceptors (Lipinski definition) is 3. The van der Waals surface area contributed by atoms with Crippen LogP contribution in [0.4, 0.5) is 0 Å². The van der Waals surface area contributed by atoms with Gasteiger partial charge in [0.15, 0.2) is 5.65 Å². The van der Waals surface area contributed by atoms with Gasteiger partial charge in [0, 0.05) is 18.9 Å². The Balaban J connectivity index is 2.24. The van der Waals surface area contributed by atoms with Gasteiger partial charge in [-0.05, 0) is 30.4 Å². The van der Waals surface area contributed by atoms with E-state index in [9.17, 15) is 0 Å². The minimum absolute atomic E-state index is 0.408. The molecular weight excluding hydrogens is 200 g/mol. The molecule has 0 bridgehead atoms. The van der Waals surface area contributed by atoms with E-state index in [2.05, 4.69) is 17.3 Å². The van der Waals surface area contributed by atoms with Crippen LogP contribution in [0.1, 0.15) is 35.6 Å². The van der Waals surface area contributed by atoms with Crippen molar-refractivity contribution in [3.63, 3.8) is 0 Å². The number of imidazole rings is 1. The molecule has 1 aliphatic rings. The van der Waals surface area contributed by atoms with Crippen molar-refractivity contribution >= 4 is 5.65 Å². The van der Waals surface area contributed by atoms with Gasteiger partial charge in [0.2, 0.25) is 0 Å². The second-order valence-corrected chi connectivity index (χ2v) is 4.24. The molecule has 4 heteroatoms. The summed E-state index contributed by atoms with van der Waals surface area (Å²) < 4.78 is 1.92. The lowest BCUT2D eigenvalue weighted by atomic mass is 10.1. The minimum atomic E-state index is 0.408. The fourth-order valence-corrected chi connectivity index (χ4v) is 1.99. The number of nitrogens with two attached hydrogens (primary N) is 1. The van der Waals surface area contributed by atoms with Crippen LogP contribution in [-0.4, -0.2) is 9.38 Å². The summed E-state index contributed by atoms with van der Waals surface area (Å²) in [5, 5.41) is 9.11. The third-order valence-corrected chi connectivity index (χ3v) is 3.00. The van der Waals surface area contributed by atoms with Gasteiger partial charge in [-0.15, -0.1) is 0 Å². The van der Waals surface area contributed by atoms with Crippen molar-refractivity contribution in [2.75, 3.05) is 0 Å². The van der Waals surface area contributed by atoms with E-state index in [1.807, 2.05) is 16.7 Å². The highest BCUT2D eigenvalue weighted by atomic mass is 15.0. The SMILES string of the molecule is N#Cc1cc(C2CC2)cn2cc(CN)nc12. The van der Waals surface area contributed by atoms with Crippen molar-refractivity contribution in [1.82, 2.24) is 9.38 Å². The number of nitriles is 1. The second kappa shape index (κ2) is 3.32. The van der Waals surface area contributed by atoms with Crippen LogP contribution < -0.4 is 5.73 Å².